The molecule has 1 saturated carbocycles. The quantitative estimate of drug-likeness (QED) is 0.641. The minimum absolute atomic E-state index is 0.0264. The SMILES string of the molecule is CC(=O)N1C2CCC1CN(C(=O)CC1([C@H]3COC[C@@H](O)N3S(=O)(=O)c3ccc(Cl)cc3)CC1)C2. The van der Waals surface area contributed by atoms with Crippen molar-refractivity contribution in [3.8, 4) is 0 Å². The van der Waals surface area contributed by atoms with Crippen molar-refractivity contribution in [3.63, 3.8) is 0 Å². The van der Waals surface area contributed by atoms with Gasteiger partial charge in [-0.3, -0.25) is 9.59 Å². The maximum atomic E-state index is 13.5. The molecule has 2 unspecified atom stereocenters. The molecule has 4 atom stereocenters. The number of aliphatic hydroxyl groups excluding tert-OH is 1. The number of sulfonamides is 1. The molecule has 0 radical (unpaired) electrons. The van der Waals surface area contributed by atoms with Crippen molar-refractivity contribution in [1.82, 2.24) is 14.1 Å². The van der Waals surface area contributed by atoms with Gasteiger partial charge in [0, 0.05) is 43.5 Å². The number of rotatable bonds is 5. The first-order chi connectivity index (χ1) is 16.1. The second-order valence-electron chi connectivity index (χ2n) is 9.97. The zero-order chi connectivity index (χ0) is 24.3. The number of likely N-dealkylation sites (tertiary alicyclic amines) is 1. The van der Waals surface area contributed by atoms with Crippen LogP contribution in [0, 0.1) is 5.41 Å². The van der Waals surface area contributed by atoms with E-state index in [1.807, 2.05) is 9.80 Å². The van der Waals surface area contributed by atoms with Gasteiger partial charge in [-0.15, -0.1) is 0 Å². The monoisotopic (exact) mass is 511 g/mol. The molecule has 11 heteroatoms. The molecule has 2 bridgehead atoms. The van der Waals surface area contributed by atoms with Gasteiger partial charge >= 0.3 is 0 Å². The van der Waals surface area contributed by atoms with Gasteiger partial charge in [0.1, 0.15) is 6.23 Å². The third-order valence-corrected chi connectivity index (χ3v) is 10.0. The predicted molar refractivity (Wildman–Crippen MR) is 123 cm³/mol. The summed E-state index contributed by atoms with van der Waals surface area (Å²) in [5, 5.41) is 11.1. The van der Waals surface area contributed by atoms with Gasteiger partial charge < -0.3 is 19.6 Å². The molecule has 9 nitrogen and oxygen atoms in total. The maximum absolute atomic E-state index is 13.5. The van der Waals surface area contributed by atoms with E-state index in [4.69, 9.17) is 16.3 Å². The van der Waals surface area contributed by atoms with Crippen molar-refractivity contribution in [1.29, 1.82) is 0 Å². The van der Waals surface area contributed by atoms with Crippen molar-refractivity contribution < 1.29 is 27.9 Å². The Bertz CT molecular complexity index is 1060. The average Bonchev–Trinajstić information content (AvgIpc) is 3.51. The normalized spacial score (nSPS) is 30.9. The van der Waals surface area contributed by atoms with Gasteiger partial charge in [-0.05, 0) is 55.4 Å². The van der Waals surface area contributed by atoms with Crippen LogP contribution >= 0.6 is 11.6 Å². The van der Waals surface area contributed by atoms with Crippen LogP contribution in [0.4, 0.5) is 0 Å². The fourth-order valence-electron chi connectivity index (χ4n) is 5.96. The summed E-state index contributed by atoms with van der Waals surface area (Å²) in [4.78, 5) is 29.1. The summed E-state index contributed by atoms with van der Waals surface area (Å²) in [6.07, 6.45) is 2.03. The molecular weight excluding hydrogens is 482 g/mol. The molecular formula is C23H30ClN3O6S. The lowest BCUT2D eigenvalue weighted by atomic mass is 9.91. The van der Waals surface area contributed by atoms with Crippen LogP contribution in [-0.4, -0.2) is 90.1 Å². The van der Waals surface area contributed by atoms with E-state index < -0.39 is 27.7 Å². The highest BCUT2D eigenvalue weighted by Gasteiger charge is 2.58. The molecule has 3 aliphatic heterocycles. The zero-order valence-electron chi connectivity index (χ0n) is 19.1. The highest BCUT2D eigenvalue weighted by atomic mass is 35.5. The van der Waals surface area contributed by atoms with Crippen LogP contribution in [0.5, 0.6) is 0 Å². The smallest absolute Gasteiger partial charge is 0.245 e. The number of benzene rings is 1. The van der Waals surface area contributed by atoms with Crippen molar-refractivity contribution >= 4 is 33.4 Å². The van der Waals surface area contributed by atoms with Gasteiger partial charge in [0.2, 0.25) is 21.8 Å². The van der Waals surface area contributed by atoms with Crippen molar-refractivity contribution in [3.05, 3.63) is 29.3 Å². The first kappa shape index (κ1) is 24.0. The van der Waals surface area contributed by atoms with Crippen LogP contribution in [0.15, 0.2) is 29.2 Å². The molecule has 1 N–H and O–H groups in total. The molecule has 1 aromatic carbocycles. The molecule has 4 aliphatic rings. The molecule has 186 valence electrons. The van der Waals surface area contributed by atoms with E-state index in [-0.39, 0.29) is 48.4 Å². The number of piperazine rings is 1. The standard InChI is InChI=1S/C23H30ClN3O6S/c1-15(28)26-17-4-5-18(26)12-25(11-17)21(29)10-23(8-9-23)20-13-33-14-22(30)27(20)34(31,32)19-6-2-16(24)3-7-19/h2-3,6-7,17-18,20,22,30H,4-5,8-14H2,1H3/t17?,18?,20-,22-/m1/s1. The molecule has 0 aromatic heterocycles. The van der Waals surface area contributed by atoms with Gasteiger partial charge in [-0.1, -0.05) is 11.6 Å². The molecule has 3 heterocycles. The minimum Gasteiger partial charge on any atom is -0.376 e. The number of hydrogen-bond donors (Lipinski definition) is 1. The average molecular weight is 512 g/mol. The number of carbonyl (C=O) groups excluding carboxylic acids is 2. The lowest BCUT2D eigenvalue weighted by molar-refractivity contribution is -0.145. The van der Waals surface area contributed by atoms with E-state index in [0.717, 1.165) is 17.1 Å². The number of nitrogens with zero attached hydrogens (tertiary/aromatic N) is 3. The lowest BCUT2D eigenvalue weighted by Gasteiger charge is -2.44. The fourth-order valence-corrected chi connectivity index (χ4v) is 7.81. The first-order valence-electron chi connectivity index (χ1n) is 11.7. The van der Waals surface area contributed by atoms with E-state index >= 15 is 0 Å². The summed E-state index contributed by atoms with van der Waals surface area (Å²) >= 11 is 5.93. The van der Waals surface area contributed by atoms with Crippen LogP contribution in [0.25, 0.3) is 0 Å². The van der Waals surface area contributed by atoms with Crippen LogP contribution in [-0.2, 0) is 24.3 Å². The molecule has 5 rings (SSSR count). The Morgan fingerprint density at radius 3 is 2.29 bits per heavy atom. The number of hydrogen-bond acceptors (Lipinski definition) is 6. The fraction of sp³-hybridized carbons (Fsp3) is 0.652. The van der Waals surface area contributed by atoms with Gasteiger partial charge in [-0.25, -0.2) is 8.42 Å². The van der Waals surface area contributed by atoms with E-state index in [9.17, 15) is 23.1 Å². The van der Waals surface area contributed by atoms with Crippen molar-refractivity contribution in [2.75, 3.05) is 26.3 Å². The maximum Gasteiger partial charge on any atom is 0.245 e. The highest BCUT2D eigenvalue weighted by molar-refractivity contribution is 7.89. The molecule has 1 aliphatic carbocycles. The molecule has 0 spiro atoms. The second kappa shape index (κ2) is 8.74. The summed E-state index contributed by atoms with van der Waals surface area (Å²) < 4.78 is 33.7. The van der Waals surface area contributed by atoms with Gasteiger partial charge in [0.05, 0.1) is 24.2 Å². The van der Waals surface area contributed by atoms with Crippen molar-refractivity contribution in [2.45, 2.75) is 68.3 Å². The largest absolute Gasteiger partial charge is 0.376 e. The molecule has 3 saturated heterocycles. The number of ether oxygens (including phenoxy) is 1. The van der Waals surface area contributed by atoms with E-state index in [2.05, 4.69) is 0 Å². The third-order valence-electron chi connectivity index (χ3n) is 7.83. The Balaban J connectivity index is 1.35. The van der Waals surface area contributed by atoms with E-state index in [1.54, 1.807) is 6.92 Å². The first-order valence-corrected chi connectivity index (χ1v) is 13.6. The Labute approximate surface area is 204 Å². The van der Waals surface area contributed by atoms with Crippen LogP contribution in [0.1, 0.15) is 39.0 Å². The summed E-state index contributed by atoms with van der Waals surface area (Å²) in [5.41, 5.74) is -0.575. The second-order valence-corrected chi connectivity index (χ2v) is 12.3. The van der Waals surface area contributed by atoms with Crippen LogP contribution < -0.4 is 0 Å². The number of morpholine rings is 1. The van der Waals surface area contributed by atoms with Gasteiger partial charge in [-0.2, -0.15) is 4.31 Å². The molecule has 1 aromatic rings. The minimum atomic E-state index is -4.03. The molecule has 4 fully saturated rings. The zero-order valence-corrected chi connectivity index (χ0v) is 20.7. The summed E-state index contributed by atoms with van der Waals surface area (Å²) in [6.45, 7) is 2.61. The molecule has 34 heavy (non-hydrogen) atoms. The number of amides is 2. The summed E-state index contributed by atoms with van der Waals surface area (Å²) in [7, 11) is -4.03. The Morgan fingerprint density at radius 2 is 1.74 bits per heavy atom. The van der Waals surface area contributed by atoms with Crippen LogP contribution in [0.2, 0.25) is 5.02 Å². The van der Waals surface area contributed by atoms with Crippen molar-refractivity contribution in [2.24, 2.45) is 5.41 Å². The number of aliphatic hydroxyl groups is 1. The third kappa shape index (κ3) is 4.13. The lowest BCUT2D eigenvalue weighted by Crippen LogP contribution is -2.59. The summed E-state index contributed by atoms with van der Waals surface area (Å²) in [6, 6.07) is 5.31. The van der Waals surface area contributed by atoms with Gasteiger partial charge in [0.25, 0.3) is 0 Å². The predicted octanol–water partition coefficient (Wildman–Crippen LogP) is 1.44. The molecule has 2 amide bonds. The summed E-state index contributed by atoms with van der Waals surface area (Å²) in [5.74, 6) is 0.0242. The van der Waals surface area contributed by atoms with Crippen LogP contribution in [0.3, 0.4) is 0 Å². The Kier molecular flexibility index (Phi) is 6.17. The number of fused-ring (bicyclic) bond motifs is 2. The van der Waals surface area contributed by atoms with Gasteiger partial charge in [0.15, 0.2) is 0 Å². The van der Waals surface area contributed by atoms with E-state index in [0.29, 0.717) is 31.0 Å². The topological polar surface area (TPSA) is 107 Å². The van der Waals surface area contributed by atoms with E-state index in [1.165, 1.54) is 24.3 Å². The number of carbonyl (C=O) groups is 2. The number of halogens is 1. The Morgan fingerprint density at radius 1 is 1.12 bits per heavy atom. The highest BCUT2D eigenvalue weighted by Crippen LogP contribution is 2.55. The Hall–Kier alpha value is -1.72.